The van der Waals surface area contributed by atoms with E-state index in [9.17, 15) is 0 Å². The van der Waals surface area contributed by atoms with Crippen LogP contribution in [-0.4, -0.2) is 9.97 Å². The van der Waals surface area contributed by atoms with Gasteiger partial charge < -0.3 is 4.42 Å². The molecule has 0 aliphatic rings. The Morgan fingerprint density at radius 1 is 0.353 bits per heavy atom. The molecule has 0 N–H and O–H groups in total. The molecule has 11 aromatic rings. The number of para-hydroxylation sites is 1. The molecule has 0 aliphatic heterocycles. The summed E-state index contributed by atoms with van der Waals surface area (Å²) in [6.45, 7) is 0. The summed E-state index contributed by atoms with van der Waals surface area (Å²) in [6, 6.07) is 60.3. The second-order valence-electron chi connectivity index (χ2n) is 13.3. The first-order chi connectivity index (χ1) is 25.3. The molecule has 236 valence electrons. The van der Waals surface area contributed by atoms with Crippen molar-refractivity contribution in [1.82, 2.24) is 9.97 Å². The minimum Gasteiger partial charge on any atom is -0.456 e. The molecule has 9 aromatic carbocycles. The van der Waals surface area contributed by atoms with E-state index < -0.39 is 0 Å². The van der Waals surface area contributed by atoms with E-state index in [4.69, 9.17) is 14.4 Å². The summed E-state index contributed by atoms with van der Waals surface area (Å²) in [6.07, 6.45) is 0. The Hall–Kier alpha value is -6.84. The van der Waals surface area contributed by atoms with Crippen molar-refractivity contribution in [2.24, 2.45) is 0 Å². The van der Waals surface area contributed by atoms with Gasteiger partial charge in [-0.1, -0.05) is 140 Å². The average Bonchev–Trinajstić information content (AvgIpc) is 3.59. The molecule has 0 unspecified atom stereocenters. The van der Waals surface area contributed by atoms with Crippen molar-refractivity contribution in [2.75, 3.05) is 0 Å². The summed E-state index contributed by atoms with van der Waals surface area (Å²) in [5, 5.41) is 13.2. The van der Waals surface area contributed by atoms with Crippen LogP contribution in [0.25, 0.3) is 110 Å². The SMILES string of the molecule is c1ccc(-c2nc(-c3cccc4oc5ccccc5c34)c3ccc(-c4cc5ccccc5c5c4ccc4c6ccccc6ccc45)cc3n2)cc1. The lowest BCUT2D eigenvalue weighted by atomic mass is 9.88. The second kappa shape index (κ2) is 10.8. The van der Waals surface area contributed by atoms with Crippen LogP contribution in [0.5, 0.6) is 0 Å². The van der Waals surface area contributed by atoms with Gasteiger partial charge in [0.25, 0.3) is 0 Å². The average molecular weight is 649 g/mol. The van der Waals surface area contributed by atoms with Gasteiger partial charge in [0, 0.05) is 27.3 Å². The highest BCUT2D eigenvalue weighted by Crippen LogP contribution is 2.43. The molecule has 3 nitrogen and oxygen atoms in total. The van der Waals surface area contributed by atoms with Crippen LogP contribution in [0.2, 0.25) is 0 Å². The first kappa shape index (κ1) is 28.0. The van der Waals surface area contributed by atoms with Crippen LogP contribution in [0.4, 0.5) is 0 Å². The number of furan rings is 1. The van der Waals surface area contributed by atoms with Crippen LogP contribution in [-0.2, 0) is 0 Å². The summed E-state index contributed by atoms with van der Waals surface area (Å²) >= 11 is 0. The van der Waals surface area contributed by atoms with Gasteiger partial charge in [0.1, 0.15) is 11.2 Å². The smallest absolute Gasteiger partial charge is 0.160 e. The zero-order valence-corrected chi connectivity index (χ0v) is 27.5. The van der Waals surface area contributed by atoms with Crippen molar-refractivity contribution in [2.45, 2.75) is 0 Å². The molecule has 2 heterocycles. The molecule has 0 bridgehead atoms. The molecule has 11 rings (SSSR count). The van der Waals surface area contributed by atoms with Gasteiger partial charge in [-0.05, 0) is 84.5 Å². The van der Waals surface area contributed by atoms with E-state index in [1.807, 2.05) is 36.4 Å². The third-order valence-corrected chi connectivity index (χ3v) is 10.4. The molecule has 0 aliphatic carbocycles. The Morgan fingerprint density at radius 3 is 1.96 bits per heavy atom. The Balaban J connectivity index is 1.21. The molecule has 2 aromatic heterocycles. The zero-order valence-electron chi connectivity index (χ0n) is 27.5. The topological polar surface area (TPSA) is 38.9 Å². The third kappa shape index (κ3) is 4.25. The molecular formula is C48H28N2O. The maximum absolute atomic E-state index is 6.31. The Morgan fingerprint density at radius 2 is 1.06 bits per heavy atom. The summed E-state index contributed by atoms with van der Waals surface area (Å²) in [4.78, 5) is 10.5. The van der Waals surface area contributed by atoms with Crippen LogP contribution in [0, 0.1) is 0 Å². The fourth-order valence-electron chi connectivity index (χ4n) is 8.12. The number of rotatable bonds is 3. The minimum absolute atomic E-state index is 0.696. The van der Waals surface area contributed by atoms with E-state index >= 15 is 0 Å². The molecule has 0 saturated carbocycles. The molecule has 0 saturated heterocycles. The van der Waals surface area contributed by atoms with Gasteiger partial charge in [-0.15, -0.1) is 0 Å². The quantitative estimate of drug-likeness (QED) is 0.179. The number of nitrogens with zero attached hydrogens (tertiary/aromatic N) is 2. The molecule has 0 spiro atoms. The number of hydrogen-bond acceptors (Lipinski definition) is 3. The van der Waals surface area contributed by atoms with Crippen LogP contribution in [0.3, 0.4) is 0 Å². The van der Waals surface area contributed by atoms with Gasteiger partial charge >= 0.3 is 0 Å². The van der Waals surface area contributed by atoms with Crippen LogP contribution >= 0.6 is 0 Å². The van der Waals surface area contributed by atoms with Gasteiger partial charge in [0.2, 0.25) is 0 Å². The summed E-state index contributed by atoms with van der Waals surface area (Å²) in [7, 11) is 0. The minimum atomic E-state index is 0.696. The highest BCUT2D eigenvalue weighted by atomic mass is 16.3. The predicted molar refractivity (Wildman–Crippen MR) is 213 cm³/mol. The molecule has 0 amide bonds. The highest BCUT2D eigenvalue weighted by Gasteiger charge is 2.19. The van der Waals surface area contributed by atoms with E-state index in [0.29, 0.717) is 5.82 Å². The standard InChI is InChI=1S/C48H28N2O/c1-2-12-30(13-3-1)48-49-42-28-32(22-24-38(42)47(50-48)40-18-10-20-44-46(40)39-17-8-9-19-43(39)51-44)41-27-31-14-5-7-16-34(31)45-36-23-21-29-11-4-6-15-33(29)35(36)25-26-37(41)45/h1-28H. The largest absolute Gasteiger partial charge is 0.456 e. The van der Waals surface area contributed by atoms with E-state index in [-0.39, 0.29) is 0 Å². The Bertz CT molecular complexity index is 3190. The van der Waals surface area contributed by atoms with Gasteiger partial charge in [-0.25, -0.2) is 9.97 Å². The Kier molecular flexibility index (Phi) is 5.96. The van der Waals surface area contributed by atoms with E-state index in [2.05, 4.69) is 133 Å². The summed E-state index contributed by atoms with van der Waals surface area (Å²) in [5.74, 6) is 0.696. The normalized spacial score (nSPS) is 11.9. The van der Waals surface area contributed by atoms with Crippen molar-refractivity contribution in [3.63, 3.8) is 0 Å². The molecule has 3 heteroatoms. The Labute approximate surface area is 293 Å². The van der Waals surface area contributed by atoms with E-state index in [0.717, 1.165) is 55.2 Å². The fourth-order valence-corrected chi connectivity index (χ4v) is 8.12. The van der Waals surface area contributed by atoms with Crippen molar-refractivity contribution in [1.29, 1.82) is 0 Å². The zero-order chi connectivity index (χ0) is 33.5. The summed E-state index contributed by atoms with van der Waals surface area (Å²) < 4.78 is 6.31. The number of benzene rings is 9. The predicted octanol–water partition coefficient (Wildman–Crippen LogP) is 13.1. The van der Waals surface area contributed by atoms with Crippen molar-refractivity contribution < 1.29 is 4.42 Å². The second-order valence-corrected chi connectivity index (χ2v) is 13.3. The molecule has 0 atom stereocenters. The summed E-state index contributed by atoms with van der Waals surface area (Å²) in [5.41, 5.74) is 7.82. The molecule has 0 radical (unpaired) electrons. The van der Waals surface area contributed by atoms with E-state index in [1.54, 1.807) is 0 Å². The molecular weight excluding hydrogens is 621 g/mol. The van der Waals surface area contributed by atoms with Crippen LogP contribution in [0.15, 0.2) is 174 Å². The van der Waals surface area contributed by atoms with Crippen LogP contribution < -0.4 is 0 Å². The number of hydrogen-bond donors (Lipinski definition) is 0. The number of aromatic nitrogens is 2. The van der Waals surface area contributed by atoms with Crippen molar-refractivity contribution in [3.05, 3.63) is 170 Å². The maximum atomic E-state index is 6.31. The van der Waals surface area contributed by atoms with Crippen molar-refractivity contribution in [3.8, 4) is 33.8 Å². The lowest BCUT2D eigenvalue weighted by Crippen LogP contribution is -1.96. The molecule has 0 fully saturated rings. The van der Waals surface area contributed by atoms with Gasteiger partial charge in [-0.2, -0.15) is 0 Å². The lowest BCUT2D eigenvalue weighted by molar-refractivity contribution is 0.669. The van der Waals surface area contributed by atoms with Gasteiger partial charge in [-0.3, -0.25) is 0 Å². The van der Waals surface area contributed by atoms with Gasteiger partial charge in [0.05, 0.1) is 11.2 Å². The molecule has 51 heavy (non-hydrogen) atoms. The first-order valence-corrected chi connectivity index (χ1v) is 17.3. The fraction of sp³-hybridized carbons (Fsp3) is 0. The van der Waals surface area contributed by atoms with E-state index in [1.165, 1.54) is 48.7 Å². The van der Waals surface area contributed by atoms with Crippen LogP contribution in [0.1, 0.15) is 0 Å². The maximum Gasteiger partial charge on any atom is 0.160 e. The third-order valence-electron chi connectivity index (χ3n) is 10.4. The van der Waals surface area contributed by atoms with Gasteiger partial charge in [0.15, 0.2) is 5.82 Å². The highest BCUT2D eigenvalue weighted by molar-refractivity contribution is 6.27. The van der Waals surface area contributed by atoms with Crippen molar-refractivity contribution >= 4 is 75.9 Å². The first-order valence-electron chi connectivity index (χ1n) is 17.3. The number of fused-ring (bicyclic) bond motifs is 11. The monoisotopic (exact) mass is 648 g/mol. The lowest BCUT2D eigenvalue weighted by Gasteiger charge is -2.16.